The van der Waals surface area contributed by atoms with Crippen LogP contribution in [0.25, 0.3) is 0 Å². The number of ether oxygens (including phenoxy) is 5. The number of carbonyl (C=O) groups excluding carboxylic acids is 5. The van der Waals surface area contributed by atoms with Gasteiger partial charge in [-0.05, 0) is 51.7 Å². The first-order chi connectivity index (χ1) is 18.2. The van der Waals surface area contributed by atoms with Gasteiger partial charge in [-0.2, -0.15) is 0 Å². The van der Waals surface area contributed by atoms with Crippen molar-refractivity contribution in [3.05, 3.63) is 35.9 Å². The van der Waals surface area contributed by atoms with Gasteiger partial charge in [-0.15, -0.1) is 0 Å². The first-order valence-corrected chi connectivity index (χ1v) is 13.2. The van der Waals surface area contributed by atoms with Crippen molar-refractivity contribution in [3.8, 4) is 0 Å². The molecule has 0 amide bonds. The second kappa shape index (κ2) is 10.0. The molecule has 1 aromatic rings. The Balaban J connectivity index is 2.07. The Kier molecular flexibility index (Phi) is 7.40. The highest BCUT2D eigenvalue weighted by Crippen LogP contribution is 2.67. The molecule has 2 bridgehead atoms. The van der Waals surface area contributed by atoms with Crippen molar-refractivity contribution in [1.29, 1.82) is 0 Å². The van der Waals surface area contributed by atoms with Gasteiger partial charge in [0.05, 0.1) is 17.1 Å². The lowest BCUT2D eigenvalue weighted by molar-refractivity contribution is -0.328. The molecule has 0 N–H and O–H groups in total. The van der Waals surface area contributed by atoms with Gasteiger partial charge in [0.25, 0.3) is 0 Å². The number of carbonyl (C=O) groups is 5. The topological polar surface area (TPSA) is 132 Å². The van der Waals surface area contributed by atoms with Gasteiger partial charge >= 0.3 is 23.9 Å². The minimum absolute atomic E-state index is 0.217. The van der Waals surface area contributed by atoms with Crippen molar-refractivity contribution < 1.29 is 47.7 Å². The van der Waals surface area contributed by atoms with Crippen LogP contribution >= 0.6 is 0 Å². The van der Waals surface area contributed by atoms with Gasteiger partial charge in [0.1, 0.15) is 18.0 Å². The summed E-state index contributed by atoms with van der Waals surface area (Å²) in [6, 6.07) is 8.20. The maximum absolute atomic E-state index is 13.5. The fraction of sp³-hybridized carbons (Fsp3) is 0.621. The van der Waals surface area contributed by atoms with E-state index in [1.165, 1.54) is 27.7 Å². The smallest absolute Gasteiger partial charge is 0.338 e. The lowest BCUT2D eigenvalue weighted by Gasteiger charge is -2.62. The first-order valence-electron chi connectivity index (χ1n) is 13.2. The molecule has 3 fully saturated rings. The number of hydrogen-bond donors (Lipinski definition) is 0. The Morgan fingerprint density at radius 3 is 1.97 bits per heavy atom. The summed E-state index contributed by atoms with van der Waals surface area (Å²) in [6.07, 6.45) is -2.99. The average Bonchev–Trinajstić information content (AvgIpc) is 3.01. The number of hydrogen-bond acceptors (Lipinski definition) is 10. The van der Waals surface area contributed by atoms with E-state index in [4.69, 9.17) is 23.7 Å². The predicted octanol–water partition coefficient (Wildman–Crippen LogP) is 3.19. The quantitative estimate of drug-likeness (QED) is 0.389. The maximum atomic E-state index is 13.5. The molecular formula is C29H36O10. The molecule has 39 heavy (non-hydrogen) atoms. The van der Waals surface area contributed by atoms with Crippen molar-refractivity contribution in [3.63, 3.8) is 0 Å². The summed E-state index contributed by atoms with van der Waals surface area (Å²) in [5, 5.41) is 0. The van der Waals surface area contributed by atoms with E-state index in [1.807, 2.05) is 6.92 Å². The van der Waals surface area contributed by atoms with Gasteiger partial charge in [0, 0.05) is 26.7 Å². The monoisotopic (exact) mass is 544 g/mol. The third-order valence-electron chi connectivity index (χ3n) is 8.43. The molecule has 1 aromatic carbocycles. The summed E-state index contributed by atoms with van der Waals surface area (Å²) in [5.74, 6) is -5.51. The van der Waals surface area contributed by atoms with Crippen LogP contribution in [0, 0.1) is 17.8 Å². The van der Waals surface area contributed by atoms with Crippen molar-refractivity contribution >= 4 is 29.7 Å². The molecule has 1 saturated heterocycles. The largest absolute Gasteiger partial charge is 0.459 e. The number of Topliss-reactive ketones (excluding diaryl/α,β-unsaturated/α-hetero) is 1. The van der Waals surface area contributed by atoms with E-state index in [-0.39, 0.29) is 17.8 Å². The van der Waals surface area contributed by atoms with Crippen LogP contribution in [-0.4, -0.2) is 64.8 Å². The van der Waals surface area contributed by atoms with Crippen molar-refractivity contribution in [2.24, 2.45) is 17.8 Å². The minimum Gasteiger partial charge on any atom is -0.459 e. The van der Waals surface area contributed by atoms with Crippen LogP contribution in [0.4, 0.5) is 0 Å². The molecule has 8 atom stereocenters. The Hall–Kier alpha value is -3.27. The van der Waals surface area contributed by atoms with Gasteiger partial charge in [-0.1, -0.05) is 25.1 Å². The van der Waals surface area contributed by atoms with E-state index >= 15 is 0 Å². The number of benzene rings is 1. The number of fused-ring (bicyclic) bond motifs is 1. The van der Waals surface area contributed by atoms with Gasteiger partial charge in [0.15, 0.2) is 11.7 Å². The molecule has 1 heterocycles. The molecule has 212 valence electrons. The average molecular weight is 545 g/mol. The van der Waals surface area contributed by atoms with E-state index in [9.17, 15) is 24.0 Å². The molecule has 0 aromatic heterocycles. The molecule has 1 unspecified atom stereocenters. The highest BCUT2D eigenvalue weighted by Gasteiger charge is 2.85. The molecule has 3 aliphatic rings. The number of esters is 4. The normalized spacial score (nSPS) is 36.2. The summed E-state index contributed by atoms with van der Waals surface area (Å²) in [7, 11) is 0. The second-order valence-corrected chi connectivity index (χ2v) is 11.3. The molecule has 10 nitrogen and oxygen atoms in total. The zero-order valence-electron chi connectivity index (χ0n) is 23.3. The van der Waals surface area contributed by atoms with Crippen LogP contribution < -0.4 is 0 Å². The van der Waals surface area contributed by atoms with E-state index in [2.05, 4.69) is 0 Å². The summed E-state index contributed by atoms with van der Waals surface area (Å²) >= 11 is 0. The molecule has 0 radical (unpaired) electrons. The number of rotatable bonds is 6. The zero-order valence-corrected chi connectivity index (χ0v) is 23.3. The standard InChI is InChI=1S/C29H36O10/c1-15-13-14-21(35-17(3)31)29(38-19(5)33)24(37-26(34)20-11-9-8-10-12-20)22(16(2)30)23-25(36-18(4)32)28(15,29)39-27(23,6)7/h8-12,15,21-25H,13-14H2,1-7H3/t15?,21-,22+,23+,24-,25+,28+,29+/m0/s1. The Morgan fingerprint density at radius 1 is 0.821 bits per heavy atom. The molecule has 10 heteroatoms. The van der Waals surface area contributed by atoms with Crippen LogP contribution in [0.15, 0.2) is 30.3 Å². The van der Waals surface area contributed by atoms with E-state index in [0.717, 1.165) is 0 Å². The van der Waals surface area contributed by atoms with Crippen LogP contribution in [-0.2, 0) is 42.9 Å². The van der Waals surface area contributed by atoms with Crippen LogP contribution in [0.3, 0.4) is 0 Å². The number of ketones is 1. The highest BCUT2D eigenvalue weighted by molar-refractivity contribution is 5.90. The molecule has 1 spiro atoms. The predicted molar refractivity (Wildman–Crippen MR) is 135 cm³/mol. The second-order valence-electron chi connectivity index (χ2n) is 11.3. The van der Waals surface area contributed by atoms with E-state index in [1.54, 1.807) is 44.2 Å². The fourth-order valence-electron chi connectivity index (χ4n) is 7.34. The fourth-order valence-corrected chi connectivity index (χ4v) is 7.34. The molecule has 1 aliphatic heterocycles. The first kappa shape index (κ1) is 28.7. The van der Waals surface area contributed by atoms with Crippen LogP contribution in [0.1, 0.15) is 71.7 Å². The maximum Gasteiger partial charge on any atom is 0.338 e. The molecule has 2 aliphatic carbocycles. The third-order valence-corrected chi connectivity index (χ3v) is 8.43. The lowest BCUT2D eigenvalue weighted by atomic mass is 9.50. The summed E-state index contributed by atoms with van der Waals surface area (Å²) in [6.45, 7) is 10.4. The third kappa shape index (κ3) is 4.42. The lowest BCUT2D eigenvalue weighted by Crippen LogP contribution is -2.82. The molecule has 4 rings (SSSR count). The van der Waals surface area contributed by atoms with E-state index < -0.39 is 76.7 Å². The van der Waals surface area contributed by atoms with Crippen LogP contribution in [0.5, 0.6) is 0 Å². The molecule has 2 saturated carbocycles. The highest BCUT2D eigenvalue weighted by atomic mass is 16.7. The van der Waals surface area contributed by atoms with Gasteiger partial charge < -0.3 is 23.7 Å². The van der Waals surface area contributed by atoms with Crippen molar-refractivity contribution in [2.45, 2.75) is 96.4 Å². The minimum atomic E-state index is -2.01. The summed E-state index contributed by atoms with van der Waals surface area (Å²) in [4.78, 5) is 64.8. The Morgan fingerprint density at radius 2 is 1.44 bits per heavy atom. The van der Waals surface area contributed by atoms with Crippen molar-refractivity contribution in [2.75, 3.05) is 0 Å². The van der Waals surface area contributed by atoms with Gasteiger partial charge in [-0.25, -0.2) is 4.79 Å². The summed E-state index contributed by atoms with van der Waals surface area (Å²) in [5.41, 5.74) is -4.49. The molecular weight excluding hydrogens is 508 g/mol. The van der Waals surface area contributed by atoms with Crippen molar-refractivity contribution in [1.82, 2.24) is 0 Å². The SMILES string of the molecule is CC(=O)O[C@H]1CCC(C)[C@]23OC(C)(C)[C@H]([C@@H](C(C)=O)[C@H](OC(=O)c4ccccc4)[C@]12OC(C)=O)[C@H]3OC(C)=O. The van der Waals surface area contributed by atoms with Gasteiger partial charge in [0.2, 0.25) is 5.60 Å². The van der Waals surface area contributed by atoms with E-state index in [0.29, 0.717) is 6.42 Å². The Labute approximate surface area is 227 Å². The Bertz CT molecular complexity index is 1180. The van der Waals surface area contributed by atoms with Crippen LogP contribution in [0.2, 0.25) is 0 Å². The summed E-state index contributed by atoms with van der Waals surface area (Å²) < 4.78 is 30.9. The van der Waals surface area contributed by atoms with Gasteiger partial charge in [-0.3, -0.25) is 19.2 Å². The zero-order chi connectivity index (χ0) is 28.9.